The molecule has 0 spiro atoms. The Morgan fingerprint density at radius 2 is 1.17 bits per heavy atom. The Hall–Kier alpha value is -1.07. The van der Waals surface area contributed by atoms with Crippen molar-refractivity contribution in [2.45, 2.75) is 217 Å². The number of aliphatic hydroxyl groups excluding tert-OH is 5. The van der Waals surface area contributed by atoms with Gasteiger partial charge in [-0.2, -0.15) is 0 Å². The molecule has 1 saturated heterocycles. The van der Waals surface area contributed by atoms with Gasteiger partial charge < -0.3 is 40.3 Å². The normalized spacial score (nSPS) is 22.7. The van der Waals surface area contributed by atoms with Crippen molar-refractivity contribution in [3.63, 3.8) is 0 Å². The van der Waals surface area contributed by atoms with Gasteiger partial charge in [-0.15, -0.1) is 0 Å². The number of carbonyl (C=O) groups is 1. The van der Waals surface area contributed by atoms with Gasteiger partial charge in [0.25, 0.3) is 0 Å². The third kappa shape index (κ3) is 21.9. The van der Waals surface area contributed by atoms with Crippen LogP contribution in [-0.2, 0) is 14.3 Å². The van der Waals surface area contributed by atoms with Crippen LogP contribution in [0.2, 0.25) is 0 Å². The van der Waals surface area contributed by atoms with Crippen LogP contribution in [0.4, 0.5) is 0 Å². The lowest BCUT2D eigenvalue weighted by Gasteiger charge is -2.40. The van der Waals surface area contributed by atoms with Gasteiger partial charge in [0, 0.05) is 6.42 Å². The van der Waals surface area contributed by atoms with Crippen LogP contribution < -0.4 is 5.32 Å². The molecule has 9 heteroatoms. The molecule has 0 aromatic rings. The SMILES string of the molecule is CCCCC/C=C/CCCC[C@@H](O)[C@H](CO[C@H]1O[C@@H](CO)[C@H](O)C(O)C1O)NC(=O)CCCCCCCCCCCCCCCCCC. The predicted molar refractivity (Wildman–Crippen MR) is 194 cm³/mol. The summed E-state index contributed by atoms with van der Waals surface area (Å²) in [5.74, 6) is -0.156. The van der Waals surface area contributed by atoms with Crippen LogP contribution in [0.3, 0.4) is 0 Å². The zero-order chi connectivity index (χ0) is 35.2. The lowest BCUT2D eigenvalue weighted by atomic mass is 9.99. The van der Waals surface area contributed by atoms with Gasteiger partial charge in [-0.25, -0.2) is 0 Å². The zero-order valence-electron chi connectivity index (χ0n) is 30.7. The molecule has 0 saturated carbocycles. The average Bonchev–Trinajstić information content (AvgIpc) is 3.08. The fourth-order valence-corrected chi connectivity index (χ4v) is 6.33. The molecule has 1 amide bonds. The number of allylic oxidation sites excluding steroid dienone is 2. The minimum atomic E-state index is -1.55. The van der Waals surface area contributed by atoms with E-state index in [2.05, 4.69) is 31.3 Å². The number of rotatable bonds is 32. The molecular formula is C39H75NO8. The molecule has 0 aromatic carbocycles. The Labute approximate surface area is 293 Å². The Morgan fingerprint density at radius 3 is 1.69 bits per heavy atom. The molecule has 1 aliphatic heterocycles. The molecule has 284 valence electrons. The Balaban J connectivity index is 2.36. The number of aliphatic hydroxyl groups is 5. The van der Waals surface area contributed by atoms with Gasteiger partial charge in [-0.1, -0.05) is 142 Å². The summed E-state index contributed by atoms with van der Waals surface area (Å²) in [5.41, 5.74) is 0. The highest BCUT2D eigenvalue weighted by molar-refractivity contribution is 5.76. The third-order valence-electron chi connectivity index (χ3n) is 9.62. The molecule has 1 aliphatic rings. The molecule has 6 N–H and O–H groups in total. The fourth-order valence-electron chi connectivity index (χ4n) is 6.33. The molecule has 0 aromatic heterocycles. The molecule has 0 bridgehead atoms. The zero-order valence-corrected chi connectivity index (χ0v) is 30.7. The Kier molecular flexibility index (Phi) is 28.8. The van der Waals surface area contributed by atoms with Crippen molar-refractivity contribution in [3.05, 3.63) is 12.2 Å². The Morgan fingerprint density at radius 1 is 0.688 bits per heavy atom. The minimum Gasteiger partial charge on any atom is -0.394 e. The number of carbonyl (C=O) groups excluding carboxylic acids is 1. The topological polar surface area (TPSA) is 149 Å². The van der Waals surface area contributed by atoms with Crippen molar-refractivity contribution in [3.8, 4) is 0 Å². The smallest absolute Gasteiger partial charge is 0.220 e. The first kappa shape index (κ1) is 45.0. The maximum atomic E-state index is 12.9. The maximum absolute atomic E-state index is 12.9. The third-order valence-corrected chi connectivity index (χ3v) is 9.62. The van der Waals surface area contributed by atoms with E-state index in [9.17, 15) is 30.3 Å². The van der Waals surface area contributed by atoms with Crippen molar-refractivity contribution < 1.29 is 39.8 Å². The Bertz CT molecular complexity index is 766. The molecule has 48 heavy (non-hydrogen) atoms. The first-order valence-corrected chi connectivity index (χ1v) is 19.9. The van der Waals surface area contributed by atoms with Crippen molar-refractivity contribution in [1.82, 2.24) is 5.32 Å². The number of nitrogens with one attached hydrogen (secondary N) is 1. The van der Waals surface area contributed by atoms with Crippen LogP contribution in [0.15, 0.2) is 12.2 Å². The van der Waals surface area contributed by atoms with E-state index in [4.69, 9.17) is 9.47 Å². The average molecular weight is 686 g/mol. The van der Waals surface area contributed by atoms with E-state index >= 15 is 0 Å². The van der Waals surface area contributed by atoms with Gasteiger partial charge in [0.15, 0.2) is 6.29 Å². The van der Waals surface area contributed by atoms with Crippen molar-refractivity contribution in [2.75, 3.05) is 13.2 Å². The van der Waals surface area contributed by atoms with E-state index in [1.807, 2.05) is 0 Å². The van der Waals surface area contributed by atoms with Gasteiger partial charge in [0.1, 0.15) is 24.4 Å². The maximum Gasteiger partial charge on any atom is 0.220 e. The van der Waals surface area contributed by atoms with Gasteiger partial charge in [-0.05, 0) is 38.5 Å². The predicted octanol–water partition coefficient (Wildman–Crippen LogP) is 7.00. The summed E-state index contributed by atoms with van der Waals surface area (Å²) in [7, 11) is 0. The van der Waals surface area contributed by atoms with Gasteiger partial charge in [-0.3, -0.25) is 4.79 Å². The quantitative estimate of drug-likeness (QED) is 0.0328. The van der Waals surface area contributed by atoms with Crippen molar-refractivity contribution in [1.29, 1.82) is 0 Å². The summed E-state index contributed by atoms with van der Waals surface area (Å²) in [5, 5.41) is 53.9. The van der Waals surface area contributed by atoms with E-state index in [1.165, 1.54) is 103 Å². The second-order valence-electron chi connectivity index (χ2n) is 14.1. The van der Waals surface area contributed by atoms with Gasteiger partial charge in [0.05, 0.1) is 25.4 Å². The molecule has 0 radical (unpaired) electrons. The second-order valence-corrected chi connectivity index (χ2v) is 14.1. The summed E-state index contributed by atoms with van der Waals surface area (Å²) in [6.45, 7) is 3.76. The lowest BCUT2D eigenvalue weighted by molar-refractivity contribution is -0.302. The molecule has 7 atom stereocenters. The van der Waals surface area contributed by atoms with E-state index in [0.717, 1.165) is 44.9 Å². The van der Waals surface area contributed by atoms with Crippen LogP contribution in [-0.4, -0.2) is 87.5 Å². The highest BCUT2D eigenvalue weighted by Gasteiger charge is 2.44. The van der Waals surface area contributed by atoms with Crippen LogP contribution in [0.25, 0.3) is 0 Å². The minimum absolute atomic E-state index is 0.147. The van der Waals surface area contributed by atoms with Crippen LogP contribution >= 0.6 is 0 Å². The van der Waals surface area contributed by atoms with E-state index in [1.54, 1.807) is 0 Å². The highest BCUT2D eigenvalue weighted by Crippen LogP contribution is 2.23. The van der Waals surface area contributed by atoms with E-state index < -0.39 is 49.5 Å². The highest BCUT2D eigenvalue weighted by atomic mass is 16.7. The summed E-state index contributed by atoms with van der Waals surface area (Å²) >= 11 is 0. The van der Waals surface area contributed by atoms with E-state index in [-0.39, 0.29) is 12.5 Å². The van der Waals surface area contributed by atoms with Crippen LogP contribution in [0.5, 0.6) is 0 Å². The molecule has 0 aliphatic carbocycles. The summed E-state index contributed by atoms with van der Waals surface area (Å²) in [6, 6.07) is -0.726. The largest absolute Gasteiger partial charge is 0.394 e. The number of unbranched alkanes of at least 4 members (excludes halogenated alkanes) is 20. The molecule has 1 fully saturated rings. The first-order valence-electron chi connectivity index (χ1n) is 19.9. The number of amides is 1. The molecular weight excluding hydrogens is 610 g/mol. The fraction of sp³-hybridized carbons (Fsp3) is 0.923. The summed E-state index contributed by atoms with van der Waals surface area (Å²) < 4.78 is 11.2. The van der Waals surface area contributed by atoms with Crippen LogP contribution in [0, 0.1) is 0 Å². The van der Waals surface area contributed by atoms with Crippen molar-refractivity contribution >= 4 is 5.91 Å². The lowest BCUT2D eigenvalue weighted by Crippen LogP contribution is -2.60. The number of ether oxygens (including phenoxy) is 2. The van der Waals surface area contributed by atoms with E-state index in [0.29, 0.717) is 12.8 Å². The molecule has 1 rings (SSSR count). The first-order chi connectivity index (χ1) is 23.3. The molecule has 1 heterocycles. The van der Waals surface area contributed by atoms with Gasteiger partial charge in [0.2, 0.25) is 5.91 Å². The van der Waals surface area contributed by atoms with Crippen LogP contribution in [0.1, 0.15) is 174 Å². The summed E-state index contributed by atoms with van der Waals surface area (Å²) in [6.07, 6.45) is 25.1. The second kappa shape index (κ2) is 30.7. The van der Waals surface area contributed by atoms with Crippen molar-refractivity contribution in [2.24, 2.45) is 0 Å². The molecule has 9 nitrogen and oxygen atoms in total. The number of hydrogen-bond acceptors (Lipinski definition) is 8. The standard InChI is InChI=1S/C39H75NO8/c1-3-5-7-9-11-13-14-15-16-17-18-19-21-23-25-27-29-35(43)40-32(33(42)28-26-24-22-20-12-10-8-6-4-2)31-47-39-38(46)37(45)36(44)34(30-41)48-39/h12,20,32-34,36-39,41-42,44-46H,3-11,13-19,21-31H2,1-2H3,(H,40,43)/b20-12+/t32-,33+,34-,36-,37?,38?,39-/m0/s1. The molecule has 2 unspecified atom stereocenters. The number of hydrogen-bond donors (Lipinski definition) is 6. The monoisotopic (exact) mass is 686 g/mol. The summed E-state index contributed by atoms with van der Waals surface area (Å²) in [4.78, 5) is 12.9. The van der Waals surface area contributed by atoms with Gasteiger partial charge >= 0.3 is 0 Å².